The quantitative estimate of drug-likeness (QED) is 0.188. The molecule has 0 spiro atoms. The van der Waals surface area contributed by atoms with Crippen LogP contribution in [0.25, 0.3) is 22.2 Å². The average Bonchev–Trinajstić information content (AvgIpc) is 4.04. The molecule has 1 aromatic heterocycles. The molecule has 4 atom stereocenters. The number of aromatic nitrogens is 1. The molecule has 0 radical (unpaired) electrons. The molecule has 3 amide bonds. The van der Waals surface area contributed by atoms with E-state index >= 15 is 0 Å². The van der Waals surface area contributed by atoms with Crippen LogP contribution < -0.4 is 19.5 Å². The number of hydrogen-bond donors (Lipinski definition) is 2. The second kappa shape index (κ2) is 14.1. The van der Waals surface area contributed by atoms with Crippen LogP contribution in [0.2, 0.25) is 0 Å². The Kier molecular flexibility index (Phi) is 9.79. The second-order valence-electron chi connectivity index (χ2n) is 12.9. The minimum atomic E-state index is -3.87. The maximum absolute atomic E-state index is 14.0. The fourth-order valence-corrected chi connectivity index (χ4v) is 7.77. The molecule has 3 fully saturated rings. The van der Waals surface area contributed by atoms with E-state index in [-0.39, 0.29) is 38.0 Å². The molecule has 2 N–H and O–H groups in total. The minimum absolute atomic E-state index is 0.0372. The smallest absolute Gasteiger partial charge is 0.259 e. The lowest BCUT2D eigenvalue weighted by atomic mass is 10.1. The van der Waals surface area contributed by atoms with Crippen molar-refractivity contribution in [2.45, 2.75) is 68.4 Å². The number of carbonyl (C=O) groups is 4. The van der Waals surface area contributed by atoms with E-state index in [1.165, 1.54) is 17.1 Å². The Balaban J connectivity index is 1.28. The number of rotatable bonds is 14. The highest BCUT2D eigenvalue weighted by molar-refractivity contribution is 7.91. The van der Waals surface area contributed by atoms with Gasteiger partial charge in [-0.15, -0.1) is 6.58 Å². The number of likely N-dealkylation sites (tertiary alicyclic amines) is 1. The third kappa shape index (κ3) is 7.28. The Bertz CT molecular complexity index is 1980. The molecule has 2 heterocycles. The molecule has 2 aromatic carbocycles. The third-order valence-corrected chi connectivity index (χ3v) is 11.2. The molecule has 262 valence electrons. The van der Waals surface area contributed by atoms with Gasteiger partial charge in [-0.2, -0.15) is 0 Å². The first-order valence-electron chi connectivity index (χ1n) is 16.6. The summed E-state index contributed by atoms with van der Waals surface area (Å²) in [5, 5.41) is 2.86. The van der Waals surface area contributed by atoms with E-state index in [1.54, 1.807) is 32.2 Å². The standard InChI is InChI=1S/C37H40N4O8S/c1-4-9-25(42)12-17-34(43)41-22-27(19-32(41)35(44)39-37(21-24(37)5-2)36(45)40-50(46,47)28-14-15-28)49-33-20-30(23-10-7-6-8-11-23)38-31-18-26(48-3)13-16-29(31)33/h4-11,13,16,18,20,24,27-28,32H,2,12,14-15,17,19,21-22H2,1,3H3,(H,39,44)(H,40,45)/b9-4+/t24-,27?,32+,37-/m1/s1. The van der Waals surface area contributed by atoms with Gasteiger partial charge in [-0.25, -0.2) is 13.4 Å². The highest BCUT2D eigenvalue weighted by atomic mass is 32.2. The first-order valence-corrected chi connectivity index (χ1v) is 18.2. The van der Waals surface area contributed by atoms with Crippen molar-refractivity contribution >= 4 is 44.4 Å². The number of fused-ring (bicyclic) bond motifs is 1. The zero-order valence-corrected chi connectivity index (χ0v) is 28.8. The summed E-state index contributed by atoms with van der Waals surface area (Å²) in [5.74, 6) is -1.47. The molecule has 3 aliphatic rings. The number of nitrogens with zero attached hydrogens (tertiary/aromatic N) is 2. The van der Waals surface area contributed by atoms with Crippen LogP contribution in [0.4, 0.5) is 0 Å². The molecular weight excluding hydrogens is 660 g/mol. The van der Waals surface area contributed by atoms with Crippen molar-refractivity contribution in [2.75, 3.05) is 13.7 Å². The van der Waals surface area contributed by atoms with Gasteiger partial charge in [0.15, 0.2) is 5.78 Å². The van der Waals surface area contributed by atoms with Crippen LogP contribution >= 0.6 is 0 Å². The van der Waals surface area contributed by atoms with Crippen LogP contribution in [0.1, 0.15) is 45.4 Å². The zero-order valence-electron chi connectivity index (χ0n) is 28.0. The Morgan fingerprint density at radius 1 is 1.08 bits per heavy atom. The number of allylic oxidation sites excluding steroid dienone is 2. The van der Waals surface area contributed by atoms with Crippen molar-refractivity contribution in [1.29, 1.82) is 0 Å². The number of methoxy groups -OCH3 is 1. The van der Waals surface area contributed by atoms with Gasteiger partial charge < -0.3 is 19.7 Å². The Labute approximate surface area is 291 Å². The monoisotopic (exact) mass is 700 g/mol. The number of nitrogens with one attached hydrogen (secondary N) is 2. The average molecular weight is 701 g/mol. The fourth-order valence-electron chi connectivity index (χ4n) is 6.41. The largest absolute Gasteiger partial charge is 0.497 e. The summed E-state index contributed by atoms with van der Waals surface area (Å²) in [4.78, 5) is 59.4. The van der Waals surface area contributed by atoms with Crippen molar-refractivity contribution in [1.82, 2.24) is 19.9 Å². The molecule has 2 saturated carbocycles. The molecule has 6 rings (SSSR count). The number of sulfonamides is 1. The highest BCUT2D eigenvalue weighted by Gasteiger charge is 2.61. The summed E-state index contributed by atoms with van der Waals surface area (Å²) in [5.41, 5.74) is 0.632. The fraction of sp³-hybridized carbons (Fsp3) is 0.378. The first kappa shape index (κ1) is 34.8. The number of carbonyl (C=O) groups excluding carboxylic acids is 4. The van der Waals surface area contributed by atoms with Gasteiger partial charge in [0.1, 0.15) is 29.2 Å². The Hall–Kier alpha value is -5.04. The van der Waals surface area contributed by atoms with Crippen LogP contribution in [0, 0.1) is 5.92 Å². The van der Waals surface area contributed by atoms with Gasteiger partial charge in [0.05, 0.1) is 30.1 Å². The van der Waals surface area contributed by atoms with Crippen molar-refractivity contribution in [2.24, 2.45) is 5.92 Å². The SMILES string of the molecule is C=C[C@@H]1C[C@]1(NC(=O)[C@@H]1CC(Oc2cc(-c3ccccc3)nc3cc(OC)ccc23)CN1C(=O)CCC(=O)/C=C/C)C(=O)NS(=O)(=O)C1CC1. The maximum Gasteiger partial charge on any atom is 0.259 e. The predicted molar refractivity (Wildman–Crippen MR) is 187 cm³/mol. The van der Waals surface area contributed by atoms with Gasteiger partial charge >= 0.3 is 0 Å². The van der Waals surface area contributed by atoms with Crippen molar-refractivity contribution in [3.05, 3.63) is 79.4 Å². The molecule has 3 aromatic rings. The maximum atomic E-state index is 14.0. The molecule has 50 heavy (non-hydrogen) atoms. The van der Waals surface area contributed by atoms with Crippen molar-refractivity contribution in [3.63, 3.8) is 0 Å². The highest BCUT2D eigenvalue weighted by Crippen LogP contribution is 2.45. The summed E-state index contributed by atoms with van der Waals surface area (Å²) < 4.78 is 39.4. The topological polar surface area (TPSA) is 161 Å². The Morgan fingerprint density at radius 3 is 2.50 bits per heavy atom. The van der Waals surface area contributed by atoms with Crippen LogP contribution in [0.5, 0.6) is 11.5 Å². The Morgan fingerprint density at radius 2 is 1.84 bits per heavy atom. The number of benzene rings is 2. The number of ketones is 1. The van der Waals surface area contributed by atoms with Crippen LogP contribution in [0.15, 0.2) is 79.4 Å². The van der Waals surface area contributed by atoms with Gasteiger partial charge in [0.2, 0.25) is 21.8 Å². The molecule has 2 aliphatic carbocycles. The van der Waals surface area contributed by atoms with E-state index in [2.05, 4.69) is 16.6 Å². The van der Waals surface area contributed by atoms with Gasteiger partial charge in [-0.05, 0) is 44.4 Å². The molecule has 1 unspecified atom stereocenters. The molecule has 1 saturated heterocycles. The van der Waals surface area contributed by atoms with Crippen molar-refractivity contribution in [3.8, 4) is 22.8 Å². The van der Waals surface area contributed by atoms with Gasteiger partial charge in [-0.1, -0.05) is 42.5 Å². The van der Waals surface area contributed by atoms with E-state index in [9.17, 15) is 27.6 Å². The first-order chi connectivity index (χ1) is 24.0. The lowest BCUT2D eigenvalue weighted by Gasteiger charge is -2.26. The molecular formula is C37H40N4O8S. The number of amides is 3. The summed E-state index contributed by atoms with van der Waals surface area (Å²) >= 11 is 0. The van der Waals surface area contributed by atoms with Gasteiger partial charge in [0.25, 0.3) is 5.91 Å². The minimum Gasteiger partial charge on any atom is -0.497 e. The summed E-state index contributed by atoms with van der Waals surface area (Å²) in [6.07, 6.45) is 4.87. The molecule has 13 heteroatoms. The van der Waals surface area contributed by atoms with Crippen LogP contribution in [-0.4, -0.2) is 78.4 Å². The van der Waals surface area contributed by atoms with E-state index in [0.717, 1.165) is 5.56 Å². The third-order valence-electron chi connectivity index (χ3n) is 9.41. The summed E-state index contributed by atoms with van der Waals surface area (Å²) in [7, 11) is -2.30. The number of pyridine rings is 1. The lowest BCUT2D eigenvalue weighted by Crippen LogP contribution is -2.56. The van der Waals surface area contributed by atoms with Crippen molar-refractivity contribution < 1.29 is 37.1 Å². The molecule has 0 bridgehead atoms. The number of ether oxygens (including phenoxy) is 2. The summed E-state index contributed by atoms with van der Waals surface area (Å²) in [6.45, 7) is 5.50. The summed E-state index contributed by atoms with van der Waals surface area (Å²) in [6, 6.07) is 15.8. The van der Waals surface area contributed by atoms with E-state index in [1.807, 2.05) is 42.5 Å². The molecule has 12 nitrogen and oxygen atoms in total. The van der Waals surface area contributed by atoms with E-state index in [0.29, 0.717) is 40.9 Å². The van der Waals surface area contributed by atoms with E-state index in [4.69, 9.17) is 14.5 Å². The van der Waals surface area contributed by atoms with Crippen LogP contribution in [0.3, 0.4) is 0 Å². The second-order valence-corrected chi connectivity index (χ2v) is 14.9. The number of hydrogen-bond acceptors (Lipinski definition) is 9. The van der Waals surface area contributed by atoms with Crippen LogP contribution in [-0.2, 0) is 29.2 Å². The van der Waals surface area contributed by atoms with E-state index < -0.39 is 56.6 Å². The normalized spacial score (nSPS) is 23.0. The predicted octanol–water partition coefficient (Wildman–Crippen LogP) is 3.85. The van der Waals surface area contributed by atoms with Gasteiger partial charge in [-0.3, -0.25) is 23.9 Å². The molecule has 1 aliphatic heterocycles. The zero-order chi connectivity index (χ0) is 35.6. The lowest BCUT2D eigenvalue weighted by molar-refractivity contribution is -0.140. The van der Waals surface area contributed by atoms with Gasteiger partial charge in [0, 0.05) is 48.3 Å².